The van der Waals surface area contributed by atoms with Crippen LogP contribution in [0.25, 0.3) is 0 Å². The van der Waals surface area contributed by atoms with E-state index < -0.39 is 0 Å². The van der Waals surface area contributed by atoms with Gasteiger partial charge in [0.05, 0.1) is 0 Å². The second-order valence-corrected chi connectivity index (χ2v) is 5.51. The molecule has 0 spiro atoms. The molecule has 18 heavy (non-hydrogen) atoms. The van der Waals surface area contributed by atoms with Crippen molar-refractivity contribution in [3.8, 4) is 0 Å². The molecule has 2 unspecified atom stereocenters. The Bertz CT molecular complexity index is 458. The summed E-state index contributed by atoms with van der Waals surface area (Å²) in [4.78, 5) is 14.6. The van der Waals surface area contributed by atoms with E-state index in [1.807, 2.05) is 11.0 Å². The van der Waals surface area contributed by atoms with Gasteiger partial charge in [-0.2, -0.15) is 0 Å². The van der Waals surface area contributed by atoms with Gasteiger partial charge in [0.25, 0.3) is 0 Å². The number of amides is 1. The number of carbonyl (C=O) groups excluding carboxylic acids is 1. The van der Waals surface area contributed by atoms with Crippen molar-refractivity contribution in [3.63, 3.8) is 0 Å². The van der Waals surface area contributed by atoms with Gasteiger partial charge in [0.1, 0.15) is 6.04 Å². The van der Waals surface area contributed by atoms with Crippen molar-refractivity contribution in [2.45, 2.75) is 25.8 Å². The number of fused-ring (bicyclic) bond motifs is 1. The van der Waals surface area contributed by atoms with Crippen LogP contribution in [0.2, 0.25) is 0 Å². The van der Waals surface area contributed by atoms with Crippen LogP contribution in [0.15, 0.2) is 24.3 Å². The van der Waals surface area contributed by atoms with Crippen LogP contribution in [0.3, 0.4) is 0 Å². The number of hydrogen-bond donors (Lipinski definition) is 1. The quantitative estimate of drug-likeness (QED) is 0.816. The molecule has 2 heterocycles. The maximum atomic E-state index is 12.6. The minimum absolute atomic E-state index is 0.125. The van der Waals surface area contributed by atoms with Gasteiger partial charge in [-0.3, -0.25) is 4.79 Å². The zero-order valence-electron chi connectivity index (χ0n) is 10.9. The van der Waals surface area contributed by atoms with E-state index in [9.17, 15) is 4.79 Å². The molecule has 2 aliphatic rings. The van der Waals surface area contributed by atoms with Gasteiger partial charge in [-0.25, -0.2) is 0 Å². The van der Waals surface area contributed by atoms with E-state index in [1.54, 1.807) is 0 Å². The number of likely N-dealkylation sites (tertiary alicyclic amines) is 1. The fourth-order valence-corrected chi connectivity index (χ4v) is 3.04. The van der Waals surface area contributed by atoms with E-state index in [2.05, 4.69) is 30.4 Å². The average molecular weight is 244 g/mol. The first-order valence-electron chi connectivity index (χ1n) is 6.85. The first-order valence-corrected chi connectivity index (χ1v) is 6.85. The smallest absolute Gasteiger partial charge is 0.244 e. The highest BCUT2D eigenvalue weighted by atomic mass is 16.2. The molecule has 3 nitrogen and oxygen atoms in total. The van der Waals surface area contributed by atoms with Gasteiger partial charge in [-0.15, -0.1) is 0 Å². The third kappa shape index (κ3) is 2.03. The first kappa shape index (κ1) is 11.7. The summed E-state index contributed by atoms with van der Waals surface area (Å²) in [5.74, 6) is 0.902. The van der Waals surface area contributed by atoms with E-state index in [1.165, 1.54) is 11.1 Å². The molecule has 0 bridgehead atoms. The Kier molecular flexibility index (Phi) is 3.08. The van der Waals surface area contributed by atoms with Crippen LogP contribution in [-0.2, 0) is 11.2 Å². The minimum atomic E-state index is -0.125. The second-order valence-electron chi connectivity index (χ2n) is 5.51. The average Bonchev–Trinajstić information content (AvgIpc) is 2.84. The van der Waals surface area contributed by atoms with Crippen molar-refractivity contribution in [3.05, 3.63) is 35.4 Å². The molecule has 1 aromatic rings. The van der Waals surface area contributed by atoms with Gasteiger partial charge >= 0.3 is 0 Å². The molecule has 0 aliphatic carbocycles. The van der Waals surface area contributed by atoms with Gasteiger partial charge in [0, 0.05) is 19.6 Å². The summed E-state index contributed by atoms with van der Waals surface area (Å²) >= 11 is 0. The summed E-state index contributed by atoms with van der Waals surface area (Å²) in [5.41, 5.74) is 2.50. The highest BCUT2D eigenvalue weighted by Crippen LogP contribution is 2.26. The van der Waals surface area contributed by atoms with Crippen LogP contribution in [0.4, 0.5) is 0 Å². The Balaban J connectivity index is 1.83. The van der Waals surface area contributed by atoms with Crippen molar-refractivity contribution >= 4 is 5.91 Å². The van der Waals surface area contributed by atoms with E-state index >= 15 is 0 Å². The summed E-state index contributed by atoms with van der Waals surface area (Å²) in [6, 6.07) is 8.19. The normalized spacial score (nSPS) is 27.1. The molecule has 1 fully saturated rings. The summed E-state index contributed by atoms with van der Waals surface area (Å²) in [6.45, 7) is 4.95. The van der Waals surface area contributed by atoms with Gasteiger partial charge in [-0.05, 0) is 29.9 Å². The minimum Gasteiger partial charge on any atom is -0.341 e. The molecule has 3 rings (SSSR count). The lowest BCUT2D eigenvalue weighted by Gasteiger charge is -2.29. The molecule has 2 atom stereocenters. The topological polar surface area (TPSA) is 32.3 Å². The Hall–Kier alpha value is -1.35. The van der Waals surface area contributed by atoms with E-state index in [4.69, 9.17) is 0 Å². The predicted octanol–water partition coefficient (Wildman–Crippen LogP) is 1.74. The van der Waals surface area contributed by atoms with Gasteiger partial charge < -0.3 is 10.2 Å². The van der Waals surface area contributed by atoms with E-state index in [-0.39, 0.29) is 11.9 Å². The number of rotatable bonds is 1. The monoisotopic (exact) mass is 244 g/mol. The Morgan fingerprint density at radius 1 is 1.39 bits per heavy atom. The number of carbonyl (C=O) groups is 1. The van der Waals surface area contributed by atoms with Crippen molar-refractivity contribution in [2.24, 2.45) is 5.92 Å². The Morgan fingerprint density at radius 2 is 2.22 bits per heavy atom. The highest BCUT2D eigenvalue weighted by molar-refractivity contribution is 5.84. The molecule has 1 aromatic carbocycles. The van der Waals surface area contributed by atoms with Crippen molar-refractivity contribution in [1.29, 1.82) is 0 Å². The molecule has 0 saturated carbocycles. The molecular formula is C15H20N2O. The number of hydrogen-bond acceptors (Lipinski definition) is 2. The Morgan fingerprint density at radius 3 is 3.00 bits per heavy atom. The lowest BCUT2D eigenvalue weighted by Crippen LogP contribution is -2.42. The Labute approximate surface area is 108 Å². The van der Waals surface area contributed by atoms with Gasteiger partial charge in [0.2, 0.25) is 5.91 Å². The third-order valence-electron chi connectivity index (χ3n) is 4.09. The predicted molar refractivity (Wildman–Crippen MR) is 71.3 cm³/mol. The zero-order chi connectivity index (χ0) is 12.5. The lowest BCUT2D eigenvalue weighted by atomic mass is 9.93. The van der Waals surface area contributed by atoms with Crippen LogP contribution < -0.4 is 5.32 Å². The molecule has 1 amide bonds. The van der Waals surface area contributed by atoms with Crippen LogP contribution in [0.1, 0.15) is 30.5 Å². The zero-order valence-corrected chi connectivity index (χ0v) is 10.9. The summed E-state index contributed by atoms with van der Waals surface area (Å²) in [7, 11) is 0. The molecule has 3 heteroatoms. The number of nitrogens with zero attached hydrogens (tertiary/aromatic N) is 1. The summed E-state index contributed by atoms with van der Waals surface area (Å²) in [5, 5.41) is 3.38. The molecule has 2 aliphatic heterocycles. The van der Waals surface area contributed by atoms with Crippen LogP contribution in [0, 0.1) is 5.92 Å². The molecule has 1 saturated heterocycles. The largest absolute Gasteiger partial charge is 0.341 e. The SMILES string of the molecule is CC1CCN(C(=O)C2NCCc3ccccc32)C1. The van der Waals surface area contributed by atoms with Crippen molar-refractivity contribution in [2.75, 3.05) is 19.6 Å². The molecule has 96 valence electrons. The maximum absolute atomic E-state index is 12.6. The molecule has 0 aromatic heterocycles. The van der Waals surface area contributed by atoms with E-state index in [0.717, 1.165) is 32.5 Å². The van der Waals surface area contributed by atoms with Crippen LogP contribution in [0.5, 0.6) is 0 Å². The van der Waals surface area contributed by atoms with Gasteiger partial charge in [-0.1, -0.05) is 31.2 Å². The maximum Gasteiger partial charge on any atom is 0.244 e. The second kappa shape index (κ2) is 4.73. The van der Waals surface area contributed by atoms with Crippen LogP contribution in [-0.4, -0.2) is 30.4 Å². The fourth-order valence-electron chi connectivity index (χ4n) is 3.04. The van der Waals surface area contributed by atoms with Crippen LogP contribution >= 0.6 is 0 Å². The molecule has 1 N–H and O–H groups in total. The van der Waals surface area contributed by atoms with Gasteiger partial charge in [0.15, 0.2) is 0 Å². The standard InChI is InChI=1S/C15H20N2O/c1-11-7-9-17(10-11)15(18)14-13-5-3-2-4-12(13)6-8-16-14/h2-5,11,14,16H,6-10H2,1H3. The molecule has 0 radical (unpaired) electrons. The summed E-state index contributed by atoms with van der Waals surface area (Å²) in [6.07, 6.45) is 2.16. The number of benzene rings is 1. The molecular weight excluding hydrogens is 224 g/mol. The summed E-state index contributed by atoms with van der Waals surface area (Å²) < 4.78 is 0. The van der Waals surface area contributed by atoms with Crippen molar-refractivity contribution in [1.82, 2.24) is 10.2 Å². The fraction of sp³-hybridized carbons (Fsp3) is 0.533. The lowest BCUT2D eigenvalue weighted by molar-refractivity contribution is -0.132. The van der Waals surface area contributed by atoms with Crippen molar-refractivity contribution < 1.29 is 4.79 Å². The first-order chi connectivity index (χ1) is 8.75. The highest BCUT2D eigenvalue weighted by Gasteiger charge is 2.32. The third-order valence-corrected chi connectivity index (χ3v) is 4.09. The number of nitrogens with one attached hydrogen (secondary N) is 1. The van der Waals surface area contributed by atoms with E-state index in [0.29, 0.717) is 5.92 Å².